The third-order valence-electron chi connectivity index (χ3n) is 3.25. The second-order valence-electron chi connectivity index (χ2n) is 4.93. The van der Waals surface area contributed by atoms with Crippen LogP contribution in [-0.2, 0) is 4.79 Å². The number of hydrogen-bond donors (Lipinski definition) is 0. The lowest BCUT2D eigenvalue weighted by Gasteiger charge is -2.23. The molecule has 19 heavy (non-hydrogen) atoms. The molecule has 1 amide bonds. The van der Waals surface area contributed by atoms with E-state index in [4.69, 9.17) is 6.42 Å². The molecule has 0 aliphatic carbocycles. The Hall–Kier alpha value is -1.75. The summed E-state index contributed by atoms with van der Waals surface area (Å²) in [6, 6.07) is 7.61. The van der Waals surface area contributed by atoms with Crippen molar-refractivity contribution in [3.8, 4) is 12.3 Å². The number of benzene rings is 1. The molecule has 0 bridgehead atoms. The van der Waals surface area contributed by atoms with E-state index in [1.165, 1.54) is 0 Å². The van der Waals surface area contributed by atoms with Gasteiger partial charge in [-0.15, -0.1) is 6.42 Å². The van der Waals surface area contributed by atoms with E-state index in [-0.39, 0.29) is 5.91 Å². The van der Waals surface area contributed by atoms with Crippen LogP contribution in [0.1, 0.15) is 45.6 Å². The van der Waals surface area contributed by atoms with E-state index < -0.39 is 0 Å². The van der Waals surface area contributed by atoms with Gasteiger partial charge in [0.05, 0.1) is 0 Å². The highest BCUT2D eigenvalue weighted by Crippen LogP contribution is 2.19. The van der Waals surface area contributed by atoms with Crippen LogP contribution in [0, 0.1) is 18.3 Å². The van der Waals surface area contributed by atoms with Crippen LogP contribution in [0.25, 0.3) is 0 Å². The molecular formula is C17H23NO. The van der Waals surface area contributed by atoms with Gasteiger partial charge >= 0.3 is 0 Å². The molecule has 0 saturated heterocycles. The van der Waals surface area contributed by atoms with Gasteiger partial charge in [-0.25, -0.2) is 0 Å². The van der Waals surface area contributed by atoms with Gasteiger partial charge in [-0.1, -0.05) is 38.7 Å². The zero-order valence-corrected chi connectivity index (χ0v) is 12.1. The van der Waals surface area contributed by atoms with Crippen molar-refractivity contribution in [2.45, 2.75) is 40.0 Å². The number of terminal acetylenes is 1. The molecule has 0 aliphatic heterocycles. The van der Waals surface area contributed by atoms with Crippen LogP contribution in [0.2, 0.25) is 0 Å². The Labute approximate surface area is 116 Å². The summed E-state index contributed by atoms with van der Waals surface area (Å²) in [6.07, 6.45) is 8.21. The topological polar surface area (TPSA) is 20.3 Å². The van der Waals surface area contributed by atoms with Crippen LogP contribution >= 0.6 is 0 Å². The fourth-order valence-electron chi connectivity index (χ4n) is 2.27. The molecule has 1 aromatic rings. The number of anilines is 1. The highest BCUT2D eigenvalue weighted by atomic mass is 16.2. The maximum Gasteiger partial charge on any atom is 0.227 e. The molecule has 2 nitrogen and oxygen atoms in total. The van der Waals surface area contributed by atoms with Crippen LogP contribution < -0.4 is 4.90 Å². The highest BCUT2D eigenvalue weighted by Gasteiger charge is 2.16. The van der Waals surface area contributed by atoms with Gasteiger partial charge in [0.15, 0.2) is 0 Å². The lowest BCUT2D eigenvalue weighted by molar-refractivity contribution is -0.119. The Morgan fingerprint density at radius 2 is 2.16 bits per heavy atom. The number of carbonyl (C=O) groups excluding carboxylic acids is 1. The second kappa shape index (κ2) is 7.63. The van der Waals surface area contributed by atoms with E-state index >= 15 is 0 Å². The van der Waals surface area contributed by atoms with Crippen LogP contribution in [0.4, 0.5) is 5.69 Å². The van der Waals surface area contributed by atoms with Gasteiger partial charge in [-0.2, -0.15) is 0 Å². The van der Waals surface area contributed by atoms with Gasteiger partial charge in [0.1, 0.15) is 0 Å². The van der Waals surface area contributed by atoms with Crippen LogP contribution in [0.15, 0.2) is 24.3 Å². The minimum atomic E-state index is 0.178. The molecule has 0 N–H and O–H groups in total. The Kier molecular flexibility index (Phi) is 6.15. The molecule has 2 heteroatoms. The van der Waals surface area contributed by atoms with Crippen LogP contribution in [-0.4, -0.2) is 12.5 Å². The quantitative estimate of drug-likeness (QED) is 0.709. The van der Waals surface area contributed by atoms with Crippen molar-refractivity contribution in [2.75, 3.05) is 11.4 Å². The van der Waals surface area contributed by atoms with Gasteiger partial charge in [0, 0.05) is 24.2 Å². The number of nitrogens with zero attached hydrogens (tertiary/aromatic N) is 1. The summed E-state index contributed by atoms with van der Waals surface area (Å²) in [6.45, 7) is 6.94. The predicted octanol–water partition coefficient (Wildman–Crippen LogP) is 3.85. The summed E-state index contributed by atoms with van der Waals surface area (Å²) in [5, 5.41) is 0. The zero-order chi connectivity index (χ0) is 14.3. The molecule has 0 aromatic heterocycles. The summed E-state index contributed by atoms with van der Waals surface area (Å²) in [4.78, 5) is 14.1. The largest absolute Gasteiger partial charge is 0.313 e. The maximum absolute atomic E-state index is 12.3. The first-order chi connectivity index (χ1) is 9.12. The van der Waals surface area contributed by atoms with Gasteiger partial charge in [-0.3, -0.25) is 4.79 Å². The standard InChI is InChI=1S/C17H23NO/c1-5-9-14(4)12-17(19)18(7-3)16-11-8-10-15(6-2)13-16/h2,8,10-11,13-14H,5,7,9,12H2,1,3-4H3. The first kappa shape index (κ1) is 15.3. The molecule has 1 aromatic carbocycles. The van der Waals surface area contributed by atoms with E-state index in [1.54, 1.807) is 0 Å². The van der Waals surface area contributed by atoms with Crippen molar-refractivity contribution >= 4 is 11.6 Å². The van der Waals surface area contributed by atoms with Crippen LogP contribution in [0.3, 0.4) is 0 Å². The van der Waals surface area contributed by atoms with E-state index in [0.717, 1.165) is 24.1 Å². The summed E-state index contributed by atoms with van der Waals surface area (Å²) in [5.41, 5.74) is 1.71. The molecule has 1 unspecified atom stereocenters. The normalized spacial score (nSPS) is 11.7. The number of carbonyl (C=O) groups is 1. The average Bonchev–Trinajstić information content (AvgIpc) is 2.40. The molecule has 0 fully saturated rings. The van der Waals surface area contributed by atoms with Gasteiger partial charge in [0.25, 0.3) is 0 Å². The molecule has 102 valence electrons. The van der Waals surface area contributed by atoms with E-state index in [2.05, 4.69) is 19.8 Å². The van der Waals surface area contributed by atoms with Crippen molar-refractivity contribution in [2.24, 2.45) is 5.92 Å². The van der Waals surface area contributed by atoms with Crippen molar-refractivity contribution in [1.82, 2.24) is 0 Å². The lowest BCUT2D eigenvalue weighted by atomic mass is 10.0. The van der Waals surface area contributed by atoms with Gasteiger partial charge in [-0.05, 0) is 31.0 Å². The molecular weight excluding hydrogens is 234 g/mol. The zero-order valence-electron chi connectivity index (χ0n) is 12.1. The fourth-order valence-corrected chi connectivity index (χ4v) is 2.27. The minimum absolute atomic E-state index is 0.178. The molecule has 0 heterocycles. The summed E-state index contributed by atoms with van der Waals surface area (Å²) >= 11 is 0. The minimum Gasteiger partial charge on any atom is -0.313 e. The number of amides is 1. The fraction of sp³-hybridized carbons (Fsp3) is 0.471. The van der Waals surface area contributed by atoms with Crippen molar-refractivity contribution in [1.29, 1.82) is 0 Å². The summed E-state index contributed by atoms with van der Waals surface area (Å²) in [7, 11) is 0. The van der Waals surface area contributed by atoms with E-state index in [0.29, 0.717) is 18.9 Å². The van der Waals surface area contributed by atoms with Crippen molar-refractivity contribution < 1.29 is 4.79 Å². The Balaban J connectivity index is 2.82. The summed E-state index contributed by atoms with van der Waals surface area (Å²) < 4.78 is 0. The first-order valence-electron chi connectivity index (χ1n) is 6.99. The van der Waals surface area contributed by atoms with E-state index in [1.807, 2.05) is 36.1 Å². The maximum atomic E-state index is 12.3. The third kappa shape index (κ3) is 4.44. The monoisotopic (exact) mass is 257 g/mol. The molecule has 1 atom stereocenters. The molecule has 1 rings (SSSR count). The van der Waals surface area contributed by atoms with E-state index in [9.17, 15) is 4.79 Å². The first-order valence-corrected chi connectivity index (χ1v) is 6.99. The van der Waals surface area contributed by atoms with Gasteiger partial charge in [0.2, 0.25) is 5.91 Å². The predicted molar refractivity (Wildman–Crippen MR) is 81.1 cm³/mol. The SMILES string of the molecule is C#Cc1cccc(N(CC)C(=O)CC(C)CCC)c1. The van der Waals surface area contributed by atoms with Crippen LogP contribution in [0.5, 0.6) is 0 Å². The summed E-state index contributed by atoms with van der Waals surface area (Å²) in [5.74, 6) is 3.22. The third-order valence-corrected chi connectivity index (χ3v) is 3.25. The smallest absolute Gasteiger partial charge is 0.227 e. The highest BCUT2D eigenvalue weighted by molar-refractivity contribution is 5.93. The average molecular weight is 257 g/mol. The second-order valence-corrected chi connectivity index (χ2v) is 4.93. The molecule has 0 radical (unpaired) electrons. The van der Waals surface area contributed by atoms with Gasteiger partial charge < -0.3 is 4.90 Å². The van der Waals surface area contributed by atoms with Crippen molar-refractivity contribution in [3.63, 3.8) is 0 Å². The molecule has 0 spiro atoms. The lowest BCUT2D eigenvalue weighted by Crippen LogP contribution is -2.31. The Bertz CT molecular complexity index is 459. The number of hydrogen-bond acceptors (Lipinski definition) is 1. The van der Waals surface area contributed by atoms with Crippen molar-refractivity contribution in [3.05, 3.63) is 29.8 Å². The molecule has 0 aliphatic rings. The molecule has 0 saturated carbocycles. The number of rotatable bonds is 6. The Morgan fingerprint density at radius 3 is 2.74 bits per heavy atom. The Morgan fingerprint density at radius 1 is 1.42 bits per heavy atom.